The maximum atomic E-state index is 13.6. The summed E-state index contributed by atoms with van der Waals surface area (Å²) in [5.74, 6) is 0.103. The number of likely N-dealkylation sites (tertiary alicyclic amines) is 1. The van der Waals surface area contributed by atoms with Gasteiger partial charge in [0.2, 0.25) is 0 Å². The molecule has 2 aromatic rings. The first-order valence-electron chi connectivity index (χ1n) is 8.49. The van der Waals surface area contributed by atoms with Crippen LogP contribution in [0.1, 0.15) is 35.7 Å². The van der Waals surface area contributed by atoms with Crippen molar-refractivity contribution in [3.63, 3.8) is 0 Å². The van der Waals surface area contributed by atoms with Crippen molar-refractivity contribution in [2.75, 3.05) is 18.4 Å². The number of hydrogen-bond acceptors (Lipinski definition) is 2. The number of para-hydroxylation sites is 1. The Balaban J connectivity index is 1.59. The number of carbonyl (C=O) groups excluding carboxylic acids is 1. The van der Waals surface area contributed by atoms with Gasteiger partial charge < -0.3 is 5.32 Å². The van der Waals surface area contributed by atoms with Gasteiger partial charge >= 0.3 is 0 Å². The molecular formula is C20H23FN2O. The Kier molecular flexibility index (Phi) is 5.26. The average molecular weight is 326 g/mol. The second-order valence-electron chi connectivity index (χ2n) is 6.59. The zero-order chi connectivity index (χ0) is 16.9. The van der Waals surface area contributed by atoms with E-state index < -0.39 is 5.82 Å². The van der Waals surface area contributed by atoms with E-state index in [4.69, 9.17) is 0 Å². The van der Waals surface area contributed by atoms with Crippen LogP contribution < -0.4 is 5.32 Å². The van der Waals surface area contributed by atoms with Gasteiger partial charge in [0.05, 0.1) is 5.69 Å². The number of halogens is 1. The molecule has 0 bridgehead atoms. The lowest BCUT2D eigenvalue weighted by Gasteiger charge is -2.30. The summed E-state index contributed by atoms with van der Waals surface area (Å²) >= 11 is 0. The third-order valence-corrected chi connectivity index (χ3v) is 4.62. The zero-order valence-corrected chi connectivity index (χ0v) is 14.0. The van der Waals surface area contributed by atoms with Gasteiger partial charge in [-0.2, -0.15) is 0 Å². The second kappa shape index (κ2) is 7.58. The van der Waals surface area contributed by atoms with Gasteiger partial charge in [-0.05, 0) is 61.7 Å². The molecule has 0 aromatic heterocycles. The molecule has 4 heteroatoms. The summed E-state index contributed by atoms with van der Waals surface area (Å²) in [6, 6.07) is 13.7. The van der Waals surface area contributed by atoms with Crippen LogP contribution in [0.5, 0.6) is 0 Å². The maximum absolute atomic E-state index is 13.6. The van der Waals surface area contributed by atoms with Crippen LogP contribution in [0.25, 0.3) is 0 Å². The van der Waals surface area contributed by atoms with Gasteiger partial charge in [0.15, 0.2) is 0 Å². The van der Waals surface area contributed by atoms with Gasteiger partial charge in [0.25, 0.3) is 5.91 Å². The Morgan fingerprint density at radius 1 is 1.12 bits per heavy atom. The molecule has 0 saturated carbocycles. The fourth-order valence-corrected chi connectivity index (χ4v) is 3.00. The first kappa shape index (κ1) is 16.7. The van der Waals surface area contributed by atoms with Crippen LogP contribution in [0.3, 0.4) is 0 Å². The lowest BCUT2D eigenvalue weighted by atomic mass is 9.99. The standard InChI is InChI=1S/C20H23FN2O/c1-15-10-12-23(13-11-15)14-16-6-8-17(9-7-16)20(24)22-19-5-3-2-4-18(19)21/h2-9,15H,10-14H2,1H3,(H,22,24). The number of amides is 1. The minimum atomic E-state index is -0.429. The minimum absolute atomic E-state index is 0.203. The van der Waals surface area contributed by atoms with Crippen LogP contribution in [0.15, 0.2) is 48.5 Å². The Hall–Kier alpha value is -2.20. The largest absolute Gasteiger partial charge is 0.319 e. The number of hydrogen-bond donors (Lipinski definition) is 1. The van der Waals surface area contributed by atoms with Gasteiger partial charge in [0.1, 0.15) is 5.82 Å². The summed E-state index contributed by atoms with van der Waals surface area (Å²) in [4.78, 5) is 14.7. The number of rotatable bonds is 4. The summed E-state index contributed by atoms with van der Waals surface area (Å²) in [6.45, 7) is 5.50. The second-order valence-corrected chi connectivity index (χ2v) is 6.59. The highest BCUT2D eigenvalue weighted by molar-refractivity contribution is 6.04. The lowest BCUT2D eigenvalue weighted by Crippen LogP contribution is -2.32. The van der Waals surface area contributed by atoms with Crippen molar-refractivity contribution < 1.29 is 9.18 Å². The average Bonchev–Trinajstić information content (AvgIpc) is 2.59. The number of carbonyl (C=O) groups is 1. The van der Waals surface area contributed by atoms with E-state index >= 15 is 0 Å². The van der Waals surface area contributed by atoms with E-state index in [9.17, 15) is 9.18 Å². The Bertz CT molecular complexity index is 691. The molecule has 0 spiro atoms. The first-order valence-corrected chi connectivity index (χ1v) is 8.49. The third kappa shape index (κ3) is 4.20. The fourth-order valence-electron chi connectivity index (χ4n) is 3.00. The number of anilines is 1. The molecule has 24 heavy (non-hydrogen) atoms. The molecule has 126 valence electrons. The molecule has 0 atom stereocenters. The maximum Gasteiger partial charge on any atom is 0.255 e. The van der Waals surface area contributed by atoms with Crippen LogP contribution in [0.4, 0.5) is 10.1 Å². The topological polar surface area (TPSA) is 32.3 Å². The van der Waals surface area contributed by atoms with Crippen molar-refractivity contribution in [3.8, 4) is 0 Å². The smallest absolute Gasteiger partial charge is 0.255 e. The molecule has 3 nitrogen and oxygen atoms in total. The summed E-state index contributed by atoms with van der Waals surface area (Å²) in [7, 11) is 0. The molecule has 0 unspecified atom stereocenters. The van der Waals surface area contributed by atoms with E-state index in [-0.39, 0.29) is 11.6 Å². The fraction of sp³-hybridized carbons (Fsp3) is 0.350. The van der Waals surface area contributed by atoms with Crippen LogP contribution in [0.2, 0.25) is 0 Å². The van der Waals surface area contributed by atoms with E-state index in [1.807, 2.05) is 12.1 Å². The molecule has 0 radical (unpaired) electrons. The van der Waals surface area contributed by atoms with E-state index in [0.29, 0.717) is 5.56 Å². The Morgan fingerprint density at radius 3 is 2.46 bits per heavy atom. The molecule has 1 amide bonds. The summed E-state index contributed by atoms with van der Waals surface area (Å²) < 4.78 is 13.6. The molecule has 1 N–H and O–H groups in total. The van der Waals surface area contributed by atoms with Crippen molar-refractivity contribution in [3.05, 3.63) is 65.5 Å². The quantitative estimate of drug-likeness (QED) is 0.908. The van der Waals surface area contributed by atoms with Crippen molar-refractivity contribution in [1.29, 1.82) is 0 Å². The van der Waals surface area contributed by atoms with Crippen LogP contribution in [-0.2, 0) is 6.54 Å². The van der Waals surface area contributed by atoms with Crippen molar-refractivity contribution in [1.82, 2.24) is 4.90 Å². The number of nitrogens with zero attached hydrogens (tertiary/aromatic N) is 1. The van der Waals surface area contributed by atoms with Gasteiger partial charge in [-0.1, -0.05) is 31.2 Å². The molecule has 1 saturated heterocycles. The molecule has 2 aromatic carbocycles. The summed E-state index contributed by atoms with van der Waals surface area (Å²) in [6.07, 6.45) is 2.51. The molecular weight excluding hydrogens is 303 g/mol. The molecule has 1 fully saturated rings. The SMILES string of the molecule is CC1CCN(Cc2ccc(C(=O)Nc3ccccc3F)cc2)CC1. The van der Waals surface area contributed by atoms with E-state index in [0.717, 1.165) is 25.6 Å². The summed E-state index contributed by atoms with van der Waals surface area (Å²) in [5, 5.41) is 2.61. The van der Waals surface area contributed by atoms with E-state index in [2.05, 4.69) is 17.1 Å². The molecule has 1 aliphatic rings. The number of benzene rings is 2. The van der Waals surface area contributed by atoms with E-state index in [1.165, 1.54) is 24.5 Å². The normalized spacial score (nSPS) is 16.1. The van der Waals surface area contributed by atoms with Crippen LogP contribution in [0, 0.1) is 11.7 Å². The molecule has 0 aliphatic carbocycles. The highest BCUT2D eigenvalue weighted by Gasteiger charge is 2.16. The van der Waals surface area contributed by atoms with Crippen molar-refractivity contribution >= 4 is 11.6 Å². The van der Waals surface area contributed by atoms with Gasteiger partial charge in [0, 0.05) is 12.1 Å². The predicted octanol–water partition coefficient (Wildman–Crippen LogP) is 4.31. The Labute approximate surface area is 142 Å². The van der Waals surface area contributed by atoms with Gasteiger partial charge in [-0.3, -0.25) is 9.69 Å². The van der Waals surface area contributed by atoms with Crippen molar-refractivity contribution in [2.24, 2.45) is 5.92 Å². The number of piperidine rings is 1. The zero-order valence-electron chi connectivity index (χ0n) is 14.0. The third-order valence-electron chi connectivity index (χ3n) is 4.62. The minimum Gasteiger partial charge on any atom is -0.319 e. The predicted molar refractivity (Wildman–Crippen MR) is 94.5 cm³/mol. The number of nitrogens with one attached hydrogen (secondary N) is 1. The van der Waals surface area contributed by atoms with Gasteiger partial charge in [-0.15, -0.1) is 0 Å². The molecule has 1 heterocycles. The van der Waals surface area contributed by atoms with Crippen LogP contribution >= 0.6 is 0 Å². The van der Waals surface area contributed by atoms with Gasteiger partial charge in [-0.25, -0.2) is 4.39 Å². The Morgan fingerprint density at radius 2 is 1.79 bits per heavy atom. The highest BCUT2D eigenvalue weighted by Crippen LogP contribution is 2.19. The molecule has 1 aliphatic heterocycles. The molecule has 3 rings (SSSR count). The first-order chi connectivity index (χ1) is 11.6. The lowest BCUT2D eigenvalue weighted by molar-refractivity contribution is 0.102. The van der Waals surface area contributed by atoms with Crippen molar-refractivity contribution in [2.45, 2.75) is 26.3 Å². The highest BCUT2D eigenvalue weighted by atomic mass is 19.1. The monoisotopic (exact) mass is 326 g/mol. The summed E-state index contributed by atoms with van der Waals surface area (Å²) in [5.41, 5.74) is 1.94. The van der Waals surface area contributed by atoms with Crippen LogP contribution in [-0.4, -0.2) is 23.9 Å². The van der Waals surface area contributed by atoms with E-state index in [1.54, 1.807) is 30.3 Å².